The third kappa shape index (κ3) is 4.60. The fraction of sp³-hybridized carbons (Fsp3) is 0.647. The third-order valence-corrected chi connectivity index (χ3v) is 20.4. The number of hydrogen-bond acceptors (Lipinski definition) is 6. The molecule has 8 nitrogen and oxygen atoms in total. The number of rotatable bonds is 11. The second-order valence-corrected chi connectivity index (χ2v) is 20.8. The molecule has 2 aliphatic carbocycles. The van der Waals surface area contributed by atoms with Crippen LogP contribution in [-0.4, -0.2) is 67.3 Å². The molecule has 2 saturated carbocycles. The molecule has 4 fully saturated rings. The van der Waals surface area contributed by atoms with E-state index in [1.165, 1.54) is 13.5 Å². The Bertz CT molecular complexity index is 1410. The van der Waals surface area contributed by atoms with E-state index in [4.69, 9.17) is 9.47 Å². The van der Waals surface area contributed by atoms with Crippen molar-refractivity contribution in [3.8, 4) is 17.6 Å². The number of nitrogens with one attached hydrogen (secondary N) is 2. The number of nitriles is 1. The van der Waals surface area contributed by atoms with Gasteiger partial charge in [0.25, 0.3) is 0 Å². The zero-order valence-electron chi connectivity index (χ0n) is 26.0. The number of hydrogen-bond donors (Lipinski definition) is 2. The number of ether oxygens (including phenoxy) is 2. The van der Waals surface area contributed by atoms with Crippen LogP contribution >= 0.6 is 6.60 Å². The van der Waals surface area contributed by atoms with Crippen LogP contribution in [0.5, 0.6) is 11.5 Å². The number of carbonyl (C=O) groups is 3. The number of carbonyl (C=O) groups excluding carboxylic acids is 3. The van der Waals surface area contributed by atoms with Crippen LogP contribution < -0.4 is 20.1 Å². The maximum absolute atomic E-state index is 14.0. The fourth-order valence-corrected chi connectivity index (χ4v) is 18.7. The third-order valence-electron chi connectivity index (χ3n) is 11.9. The quantitative estimate of drug-likeness (QED) is 0.199. The summed E-state index contributed by atoms with van der Waals surface area (Å²) in [5, 5.41) is 16.6. The molecule has 43 heavy (non-hydrogen) atoms. The topological polar surface area (TPSA) is 118 Å². The number of benzene rings is 1. The Kier molecular flexibility index (Phi) is 7.44. The summed E-state index contributed by atoms with van der Waals surface area (Å²) >= 11 is 0. The van der Waals surface area contributed by atoms with E-state index in [1.807, 2.05) is 6.92 Å². The number of allylic oxidation sites excluding steroid dienone is 1. The second kappa shape index (κ2) is 10.6. The standard InChI is InChI=1S/C34H46N3O5P/c1-5-15-43-19-22(29(43)31(40)36-20-33(2)11-6-12-33)7-8-28(43)32(43)37-30(39)25-17-26(23(18-35)16-27(25)41-4)42-24-9-13-34(3,21-38)14-10-24/h7-8,16-17,21-22,24,28-29,32H,5-6,9-15,19-20H2,1-4H3,(H,36,40)(H,37,39)/t22-,24?,28-,29+,32-,34?/m0/s1. The van der Waals surface area contributed by atoms with Crippen LogP contribution in [0.3, 0.4) is 0 Å². The molecular weight excluding hydrogens is 561 g/mol. The molecule has 1 aromatic rings. The average molecular weight is 608 g/mol. The molecule has 1 aromatic carbocycles. The van der Waals surface area contributed by atoms with Crippen LogP contribution in [0.2, 0.25) is 0 Å². The summed E-state index contributed by atoms with van der Waals surface area (Å²) in [6, 6.07) is 5.41. The number of aldehydes is 1. The fourth-order valence-electron chi connectivity index (χ4n) is 9.15. The maximum atomic E-state index is 14.0. The van der Waals surface area contributed by atoms with Gasteiger partial charge in [-0.15, -0.1) is 0 Å². The van der Waals surface area contributed by atoms with Gasteiger partial charge in [0.15, 0.2) is 0 Å². The van der Waals surface area contributed by atoms with Crippen molar-refractivity contribution in [2.24, 2.45) is 16.7 Å². The van der Waals surface area contributed by atoms with Crippen LogP contribution in [0, 0.1) is 28.1 Å². The predicted octanol–water partition coefficient (Wildman–Crippen LogP) is 5.37. The molecule has 2 bridgehead atoms. The average Bonchev–Trinajstić information content (AvgIpc) is 3.60. The van der Waals surface area contributed by atoms with Crippen LogP contribution in [0.25, 0.3) is 0 Å². The van der Waals surface area contributed by atoms with Crippen molar-refractivity contribution in [3.63, 3.8) is 0 Å². The van der Waals surface area contributed by atoms with Crippen LogP contribution in [0.4, 0.5) is 0 Å². The van der Waals surface area contributed by atoms with Crippen molar-refractivity contribution >= 4 is 24.7 Å². The van der Waals surface area contributed by atoms with Gasteiger partial charge < -0.3 is 4.79 Å². The van der Waals surface area contributed by atoms with Crippen molar-refractivity contribution in [1.82, 2.24) is 10.6 Å². The summed E-state index contributed by atoms with van der Waals surface area (Å²) in [6.45, 7) is 4.62. The van der Waals surface area contributed by atoms with E-state index in [0.29, 0.717) is 35.5 Å². The predicted molar refractivity (Wildman–Crippen MR) is 168 cm³/mol. The molecule has 3 aliphatic heterocycles. The minimum atomic E-state index is -2.53. The molecule has 2 N–H and O–H groups in total. The molecule has 0 aromatic heterocycles. The first-order valence-electron chi connectivity index (χ1n) is 16.1. The number of fused-ring (bicyclic) bond motifs is 1. The van der Waals surface area contributed by atoms with E-state index in [0.717, 1.165) is 57.3 Å². The molecule has 6 rings (SSSR count). The Hall–Kier alpha value is -2.91. The van der Waals surface area contributed by atoms with Crippen LogP contribution in [0.1, 0.15) is 88.1 Å². The second-order valence-electron chi connectivity index (χ2n) is 14.7. The zero-order valence-corrected chi connectivity index (χ0v) is 26.9. The summed E-state index contributed by atoms with van der Waals surface area (Å²) in [5.74, 6) is 0.868. The van der Waals surface area contributed by atoms with E-state index in [2.05, 4.69) is 42.7 Å². The Morgan fingerprint density at radius 3 is 2.49 bits per heavy atom. The molecule has 3 heterocycles. The molecule has 2 saturated heterocycles. The van der Waals surface area contributed by atoms with E-state index >= 15 is 0 Å². The summed E-state index contributed by atoms with van der Waals surface area (Å²) in [5.41, 5.74) is 0.760. The Morgan fingerprint density at radius 1 is 1.14 bits per heavy atom. The van der Waals surface area contributed by atoms with Crippen molar-refractivity contribution in [2.75, 3.05) is 26.0 Å². The molecule has 232 valence electrons. The van der Waals surface area contributed by atoms with E-state index in [1.54, 1.807) is 12.1 Å². The first-order valence-corrected chi connectivity index (χ1v) is 18.9. The van der Waals surface area contributed by atoms with Gasteiger partial charge in [-0.25, -0.2) is 0 Å². The molecule has 9 heteroatoms. The first-order chi connectivity index (χ1) is 20.5. The van der Waals surface area contributed by atoms with Crippen molar-refractivity contribution in [3.05, 3.63) is 35.4 Å². The Balaban J connectivity index is 1.22. The molecule has 0 radical (unpaired) electrons. The Labute approximate surface area is 255 Å². The van der Waals surface area contributed by atoms with Gasteiger partial charge in [0, 0.05) is 0 Å². The van der Waals surface area contributed by atoms with Gasteiger partial charge in [0.1, 0.15) is 0 Å². The van der Waals surface area contributed by atoms with Crippen LogP contribution in [-0.2, 0) is 9.59 Å². The van der Waals surface area contributed by atoms with Gasteiger partial charge >= 0.3 is 251 Å². The van der Waals surface area contributed by atoms with Gasteiger partial charge in [-0.1, -0.05) is 0 Å². The minimum absolute atomic E-state index is 0.0139. The Morgan fingerprint density at radius 2 is 1.88 bits per heavy atom. The number of methoxy groups -OCH3 is 1. The first kappa shape index (κ1) is 30.1. The molecule has 5 aliphatic rings. The van der Waals surface area contributed by atoms with Gasteiger partial charge in [-0.05, 0) is 0 Å². The SMILES string of the molecule is CCCP123C[C@H](C=C[C@H]1[C@H]2NC(=O)c1cc(OC2CCC(C)(C=O)CC2)c(C#N)cc1OC)[C@@H]3C(=O)NCC1(C)CCC1. The monoisotopic (exact) mass is 607 g/mol. The van der Waals surface area contributed by atoms with Gasteiger partial charge in [-0.2, -0.15) is 0 Å². The van der Waals surface area contributed by atoms with Crippen molar-refractivity contribution < 1.29 is 23.9 Å². The molecule has 4 atom stereocenters. The number of amides is 2. The van der Waals surface area contributed by atoms with Gasteiger partial charge in [0.05, 0.1) is 0 Å². The van der Waals surface area contributed by atoms with Gasteiger partial charge in [-0.3, -0.25) is 0 Å². The summed E-state index contributed by atoms with van der Waals surface area (Å²) in [6.07, 6.45) is 14.9. The molecule has 1 spiro atoms. The van der Waals surface area contributed by atoms with E-state index in [-0.39, 0.29) is 51.8 Å². The van der Waals surface area contributed by atoms with Crippen molar-refractivity contribution in [1.29, 1.82) is 5.26 Å². The number of nitrogens with zero attached hydrogens (tertiary/aromatic N) is 1. The molecule has 0 unspecified atom stereocenters. The zero-order chi connectivity index (χ0) is 30.6. The normalized spacial score (nSPS) is 34.3. The van der Waals surface area contributed by atoms with Gasteiger partial charge in [0.2, 0.25) is 0 Å². The van der Waals surface area contributed by atoms with E-state index in [9.17, 15) is 19.6 Å². The van der Waals surface area contributed by atoms with Crippen LogP contribution in [0.15, 0.2) is 24.3 Å². The summed E-state index contributed by atoms with van der Waals surface area (Å²) < 4.78 is 11.9. The molecular formula is C34H46N3O5P. The van der Waals surface area contributed by atoms with E-state index < -0.39 is 6.60 Å². The summed E-state index contributed by atoms with van der Waals surface area (Å²) in [7, 11) is 1.50. The van der Waals surface area contributed by atoms with Crippen molar-refractivity contribution in [2.45, 2.75) is 95.3 Å². The molecule has 2 amide bonds. The summed E-state index contributed by atoms with van der Waals surface area (Å²) in [4.78, 5) is 39.3.